The Morgan fingerprint density at radius 3 is 3.05 bits per heavy atom. The molecule has 0 saturated carbocycles. The van der Waals surface area contributed by atoms with Gasteiger partial charge < -0.3 is 14.7 Å². The van der Waals surface area contributed by atoms with E-state index in [1.165, 1.54) is 0 Å². The van der Waals surface area contributed by atoms with E-state index in [4.69, 9.17) is 16.3 Å². The molecule has 3 atom stereocenters. The average molecular weight is 325 g/mol. The number of halogens is 1. The zero-order chi connectivity index (χ0) is 15.9. The van der Waals surface area contributed by atoms with Gasteiger partial charge in [0.15, 0.2) is 5.72 Å². The fourth-order valence-electron chi connectivity index (χ4n) is 3.81. The molecule has 1 aromatic rings. The monoisotopic (exact) mass is 324 g/mol. The van der Waals surface area contributed by atoms with Gasteiger partial charge in [0.25, 0.3) is 0 Å². The van der Waals surface area contributed by atoms with E-state index in [0.717, 1.165) is 30.8 Å². The summed E-state index contributed by atoms with van der Waals surface area (Å²) in [6, 6.07) is 5.48. The fourth-order valence-corrected chi connectivity index (χ4v) is 3.99. The highest BCUT2D eigenvalue weighted by molar-refractivity contribution is 6.30. The van der Waals surface area contributed by atoms with Gasteiger partial charge in [0.1, 0.15) is 5.75 Å². The molecular weight excluding hydrogens is 304 g/mol. The van der Waals surface area contributed by atoms with Crippen LogP contribution in [-0.4, -0.2) is 48.9 Å². The Morgan fingerprint density at radius 2 is 2.36 bits per heavy atom. The molecule has 2 aliphatic rings. The van der Waals surface area contributed by atoms with Gasteiger partial charge in [0.2, 0.25) is 0 Å². The summed E-state index contributed by atoms with van der Waals surface area (Å²) >= 11 is 6.12. The first-order valence-electron chi connectivity index (χ1n) is 7.53. The summed E-state index contributed by atoms with van der Waals surface area (Å²) in [5.41, 5.74) is 0.397. The van der Waals surface area contributed by atoms with Gasteiger partial charge in [-0.05, 0) is 37.9 Å². The Hall–Kier alpha value is -1.30. The summed E-state index contributed by atoms with van der Waals surface area (Å²) in [5, 5.41) is 13.3. The quantitative estimate of drug-likeness (QED) is 0.892. The van der Waals surface area contributed by atoms with Gasteiger partial charge >= 0.3 is 5.97 Å². The predicted octanol–water partition coefficient (Wildman–Crippen LogP) is 2.16. The number of rotatable bonds is 3. The highest BCUT2D eigenvalue weighted by Crippen LogP contribution is 2.49. The van der Waals surface area contributed by atoms with E-state index in [2.05, 4.69) is 17.3 Å². The molecule has 0 spiro atoms. The first kappa shape index (κ1) is 15.6. The molecule has 0 aromatic heterocycles. The van der Waals surface area contributed by atoms with Crippen LogP contribution in [0.4, 0.5) is 0 Å². The molecule has 5 nitrogen and oxygen atoms in total. The normalized spacial score (nSPS) is 31.0. The van der Waals surface area contributed by atoms with E-state index >= 15 is 0 Å². The lowest BCUT2D eigenvalue weighted by Crippen LogP contribution is -2.64. The molecule has 3 unspecified atom stereocenters. The van der Waals surface area contributed by atoms with Crippen molar-refractivity contribution in [1.82, 2.24) is 10.2 Å². The highest BCUT2D eigenvalue weighted by atomic mass is 35.5. The second kappa shape index (κ2) is 5.72. The topological polar surface area (TPSA) is 61.8 Å². The Labute approximate surface area is 135 Å². The third-order valence-corrected chi connectivity index (χ3v) is 5.17. The lowest BCUT2D eigenvalue weighted by Gasteiger charge is -2.52. The number of carboxylic acid groups (broad SMARTS) is 1. The Bertz CT molecular complexity index is 595. The lowest BCUT2D eigenvalue weighted by atomic mass is 9.72. The molecule has 22 heavy (non-hydrogen) atoms. The lowest BCUT2D eigenvalue weighted by molar-refractivity contribution is -0.140. The van der Waals surface area contributed by atoms with Crippen LogP contribution in [0.15, 0.2) is 18.2 Å². The molecule has 1 aromatic carbocycles. The minimum Gasteiger partial charge on any atom is -0.481 e. The summed E-state index contributed by atoms with van der Waals surface area (Å²) in [7, 11) is 3.95. The number of nitrogens with zero attached hydrogens (tertiary/aromatic N) is 1. The summed E-state index contributed by atoms with van der Waals surface area (Å²) in [4.78, 5) is 13.6. The van der Waals surface area contributed by atoms with Crippen molar-refractivity contribution in [3.8, 4) is 5.75 Å². The van der Waals surface area contributed by atoms with Crippen molar-refractivity contribution in [2.24, 2.45) is 5.92 Å². The second-order valence-electron chi connectivity index (χ2n) is 6.25. The number of hydrogen-bond donors (Lipinski definition) is 2. The molecule has 2 N–H and O–H groups in total. The van der Waals surface area contributed by atoms with Crippen LogP contribution in [0.1, 0.15) is 24.3 Å². The van der Waals surface area contributed by atoms with Crippen molar-refractivity contribution < 1.29 is 14.6 Å². The molecule has 6 heteroatoms. The van der Waals surface area contributed by atoms with Crippen LogP contribution in [0.5, 0.6) is 5.75 Å². The smallest absolute Gasteiger partial charge is 0.303 e. The fraction of sp³-hybridized carbons (Fsp3) is 0.562. The van der Waals surface area contributed by atoms with Crippen LogP contribution >= 0.6 is 11.6 Å². The van der Waals surface area contributed by atoms with E-state index in [1.807, 2.05) is 19.2 Å². The first-order valence-corrected chi connectivity index (χ1v) is 7.90. The van der Waals surface area contributed by atoms with E-state index in [0.29, 0.717) is 5.02 Å². The van der Waals surface area contributed by atoms with Crippen LogP contribution in [0, 0.1) is 5.92 Å². The molecule has 3 rings (SSSR count). The third kappa shape index (κ3) is 2.57. The van der Waals surface area contributed by atoms with E-state index in [9.17, 15) is 9.90 Å². The Kier molecular flexibility index (Phi) is 4.05. The Balaban J connectivity index is 2.09. The van der Waals surface area contributed by atoms with Crippen molar-refractivity contribution in [1.29, 1.82) is 0 Å². The summed E-state index contributed by atoms with van der Waals surface area (Å²) in [6.07, 6.45) is 0.904. The van der Waals surface area contributed by atoms with Crippen molar-refractivity contribution in [3.63, 3.8) is 0 Å². The van der Waals surface area contributed by atoms with Gasteiger partial charge in [-0.2, -0.15) is 0 Å². The second-order valence-corrected chi connectivity index (χ2v) is 6.68. The molecular formula is C16H21ClN2O3. The maximum absolute atomic E-state index is 11.4. The average Bonchev–Trinajstić information content (AvgIpc) is 2.48. The van der Waals surface area contributed by atoms with Gasteiger partial charge in [0, 0.05) is 36.4 Å². The van der Waals surface area contributed by atoms with E-state index in [-0.39, 0.29) is 18.3 Å². The summed E-state index contributed by atoms with van der Waals surface area (Å²) in [6.45, 7) is 1.71. The SMILES string of the molecule is CNC12CCN(C)CC1C(CC(=O)O)c1cc(Cl)ccc1O2. The maximum atomic E-state index is 11.4. The molecule has 0 aliphatic carbocycles. The maximum Gasteiger partial charge on any atom is 0.303 e. The largest absolute Gasteiger partial charge is 0.481 e. The van der Waals surface area contributed by atoms with Gasteiger partial charge in [-0.1, -0.05) is 11.6 Å². The molecule has 0 amide bonds. The zero-order valence-electron chi connectivity index (χ0n) is 12.8. The van der Waals surface area contributed by atoms with Gasteiger partial charge in [-0.25, -0.2) is 0 Å². The predicted molar refractivity (Wildman–Crippen MR) is 84.5 cm³/mol. The van der Waals surface area contributed by atoms with Gasteiger partial charge in [-0.3, -0.25) is 10.1 Å². The van der Waals surface area contributed by atoms with Crippen LogP contribution < -0.4 is 10.1 Å². The molecule has 2 aliphatic heterocycles. The van der Waals surface area contributed by atoms with Crippen LogP contribution in [0.2, 0.25) is 5.02 Å². The van der Waals surface area contributed by atoms with Crippen LogP contribution in [0.25, 0.3) is 0 Å². The number of nitrogens with one attached hydrogen (secondary N) is 1. The van der Waals surface area contributed by atoms with Crippen molar-refractivity contribution >= 4 is 17.6 Å². The molecule has 2 heterocycles. The van der Waals surface area contributed by atoms with Crippen molar-refractivity contribution in [2.45, 2.75) is 24.5 Å². The van der Waals surface area contributed by atoms with Crippen molar-refractivity contribution in [2.75, 3.05) is 27.2 Å². The number of ether oxygens (including phenoxy) is 1. The number of carbonyl (C=O) groups is 1. The van der Waals surface area contributed by atoms with Gasteiger partial charge in [0.05, 0.1) is 6.42 Å². The molecule has 1 fully saturated rings. The number of likely N-dealkylation sites (tertiary alicyclic amines) is 1. The van der Waals surface area contributed by atoms with Crippen molar-refractivity contribution in [3.05, 3.63) is 28.8 Å². The number of carboxylic acids is 1. The number of benzene rings is 1. The molecule has 1 saturated heterocycles. The van der Waals surface area contributed by atoms with E-state index in [1.54, 1.807) is 6.07 Å². The molecule has 0 bridgehead atoms. The minimum absolute atomic E-state index is 0.0679. The zero-order valence-corrected chi connectivity index (χ0v) is 13.6. The standard InChI is InChI=1S/C16H21ClN2O3/c1-18-16-5-6-19(2)9-13(16)11(8-15(20)21)12-7-10(17)3-4-14(12)22-16/h3-4,7,11,13,18H,5-6,8-9H2,1-2H3,(H,20,21). The highest BCUT2D eigenvalue weighted by Gasteiger charge is 2.51. The van der Waals surface area contributed by atoms with E-state index < -0.39 is 11.7 Å². The molecule has 120 valence electrons. The van der Waals surface area contributed by atoms with Gasteiger partial charge in [-0.15, -0.1) is 0 Å². The molecule has 0 radical (unpaired) electrons. The number of piperidine rings is 1. The third-order valence-electron chi connectivity index (χ3n) is 4.94. The van der Waals surface area contributed by atoms with Crippen LogP contribution in [-0.2, 0) is 4.79 Å². The first-order chi connectivity index (χ1) is 10.4. The minimum atomic E-state index is -0.795. The Morgan fingerprint density at radius 1 is 1.59 bits per heavy atom. The summed E-state index contributed by atoms with van der Waals surface area (Å²) < 4.78 is 6.30. The number of fused-ring (bicyclic) bond motifs is 2. The van der Waals surface area contributed by atoms with Crippen LogP contribution in [0.3, 0.4) is 0 Å². The summed E-state index contributed by atoms with van der Waals surface area (Å²) in [5.74, 6) is -0.102. The number of aliphatic carboxylic acids is 1. The number of hydrogen-bond acceptors (Lipinski definition) is 4.